The van der Waals surface area contributed by atoms with Gasteiger partial charge in [-0.2, -0.15) is 4.31 Å². The van der Waals surface area contributed by atoms with Gasteiger partial charge in [0.2, 0.25) is 15.9 Å². The molecular weight excluding hydrogens is 370 g/mol. The van der Waals surface area contributed by atoms with E-state index in [4.69, 9.17) is 0 Å². The van der Waals surface area contributed by atoms with Crippen LogP contribution in [0, 0.1) is 27.7 Å². The number of nitrogens with one attached hydrogen (secondary N) is 1. The summed E-state index contributed by atoms with van der Waals surface area (Å²) < 4.78 is 27.4. The highest BCUT2D eigenvalue weighted by molar-refractivity contribution is 7.89. The van der Waals surface area contributed by atoms with E-state index in [1.54, 1.807) is 20.0 Å². The molecule has 0 atom stereocenters. The van der Waals surface area contributed by atoms with Gasteiger partial charge >= 0.3 is 0 Å². The topological polar surface area (TPSA) is 79.4 Å². The van der Waals surface area contributed by atoms with Gasteiger partial charge in [-0.15, -0.1) is 17.9 Å². The number of amides is 1. The number of rotatable bonds is 7. The summed E-state index contributed by atoms with van der Waals surface area (Å²) in [6.45, 7) is 10.7. The van der Waals surface area contributed by atoms with Gasteiger partial charge in [0.15, 0.2) is 5.13 Å². The molecule has 0 aliphatic carbocycles. The van der Waals surface area contributed by atoms with Crippen molar-refractivity contribution in [1.29, 1.82) is 0 Å². The molecule has 2 aromatic rings. The van der Waals surface area contributed by atoms with Crippen molar-refractivity contribution >= 4 is 32.4 Å². The number of sulfonamides is 1. The van der Waals surface area contributed by atoms with Gasteiger partial charge in [-0.25, -0.2) is 13.4 Å². The number of benzene rings is 1. The Labute approximate surface area is 158 Å². The van der Waals surface area contributed by atoms with Crippen molar-refractivity contribution in [1.82, 2.24) is 9.29 Å². The lowest BCUT2D eigenvalue weighted by atomic mass is 10.1. The molecule has 1 amide bonds. The molecule has 0 fully saturated rings. The number of hydrogen-bond donors (Lipinski definition) is 1. The Morgan fingerprint density at radius 1 is 1.27 bits per heavy atom. The first-order valence-electron chi connectivity index (χ1n) is 8.06. The minimum atomic E-state index is -3.84. The summed E-state index contributed by atoms with van der Waals surface area (Å²) in [7, 11) is -3.84. The lowest BCUT2D eigenvalue weighted by Gasteiger charge is -2.22. The maximum atomic E-state index is 13.2. The van der Waals surface area contributed by atoms with Gasteiger partial charge in [0, 0.05) is 17.6 Å². The van der Waals surface area contributed by atoms with Crippen LogP contribution >= 0.6 is 11.3 Å². The number of thiazole rings is 1. The molecule has 0 unspecified atom stereocenters. The first-order chi connectivity index (χ1) is 12.1. The van der Waals surface area contributed by atoms with Crippen LogP contribution < -0.4 is 5.32 Å². The average Bonchev–Trinajstić information content (AvgIpc) is 2.90. The van der Waals surface area contributed by atoms with Crippen molar-refractivity contribution in [2.24, 2.45) is 0 Å². The summed E-state index contributed by atoms with van der Waals surface area (Å²) in [6.07, 6.45) is 3.12. The SMILES string of the molecule is C=CCN(CC(=O)Nc1ncc(C)s1)S(=O)(=O)c1c(C)cc(C)cc1C. The van der Waals surface area contributed by atoms with E-state index in [1.165, 1.54) is 17.4 Å². The van der Waals surface area contributed by atoms with Crippen LogP contribution in [0.4, 0.5) is 5.13 Å². The Bertz CT molecular complexity index is 910. The normalized spacial score (nSPS) is 11.6. The van der Waals surface area contributed by atoms with Crippen molar-refractivity contribution < 1.29 is 13.2 Å². The molecule has 1 N–H and O–H groups in total. The van der Waals surface area contributed by atoms with E-state index in [-0.39, 0.29) is 18.0 Å². The molecule has 0 radical (unpaired) electrons. The van der Waals surface area contributed by atoms with E-state index in [1.807, 2.05) is 26.0 Å². The molecule has 26 heavy (non-hydrogen) atoms. The highest BCUT2D eigenvalue weighted by Crippen LogP contribution is 2.25. The van der Waals surface area contributed by atoms with Crippen molar-refractivity contribution in [3.63, 3.8) is 0 Å². The third-order valence-electron chi connectivity index (χ3n) is 3.72. The van der Waals surface area contributed by atoms with E-state index < -0.39 is 15.9 Å². The Balaban J connectivity index is 2.30. The van der Waals surface area contributed by atoms with Gasteiger partial charge in [-0.1, -0.05) is 23.8 Å². The van der Waals surface area contributed by atoms with E-state index in [2.05, 4.69) is 16.9 Å². The van der Waals surface area contributed by atoms with Gasteiger partial charge < -0.3 is 5.32 Å². The fourth-order valence-corrected chi connectivity index (χ4v) is 5.29. The zero-order chi connectivity index (χ0) is 19.5. The molecule has 0 aliphatic rings. The summed E-state index contributed by atoms with van der Waals surface area (Å²) >= 11 is 1.34. The van der Waals surface area contributed by atoms with Crippen LogP contribution in [0.2, 0.25) is 0 Å². The first-order valence-corrected chi connectivity index (χ1v) is 10.3. The highest BCUT2D eigenvalue weighted by Gasteiger charge is 2.29. The third kappa shape index (κ3) is 4.57. The average molecular weight is 394 g/mol. The second kappa shape index (κ2) is 8.11. The number of anilines is 1. The smallest absolute Gasteiger partial charge is 0.244 e. The lowest BCUT2D eigenvalue weighted by Crippen LogP contribution is -2.38. The molecule has 0 saturated carbocycles. The maximum Gasteiger partial charge on any atom is 0.244 e. The molecule has 140 valence electrons. The highest BCUT2D eigenvalue weighted by atomic mass is 32.2. The number of carbonyl (C=O) groups excluding carboxylic acids is 1. The molecule has 0 aliphatic heterocycles. The molecule has 0 spiro atoms. The van der Waals surface area contributed by atoms with Crippen LogP contribution in [0.3, 0.4) is 0 Å². The first kappa shape index (κ1) is 20.3. The van der Waals surface area contributed by atoms with E-state index in [0.717, 1.165) is 14.7 Å². The Morgan fingerprint density at radius 3 is 2.38 bits per heavy atom. The largest absolute Gasteiger partial charge is 0.301 e. The minimum Gasteiger partial charge on any atom is -0.301 e. The molecule has 2 rings (SSSR count). The number of carbonyl (C=O) groups is 1. The molecule has 8 heteroatoms. The van der Waals surface area contributed by atoms with Crippen LogP contribution in [0.25, 0.3) is 0 Å². The number of nitrogens with zero attached hydrogens (tertiary/aromatic N) is 2. The fourth-order valence-electron chi connectivity index (χ4n) is 2.83. The third-order valence-corrected chi connectivity index (χ3v) is 6.67. The van der Waals surface area contributed by atoms with Gasteiger partial charge in [-0.05, 0) is 38.8 Å². The number of hydrogen-bond acceptors (Lipinski definition) is 5. The monoisotopic (exact) mass is 393 g/mol. The van der Waals surface area contributed by atoms with E-state index >= 15 is 0 Å². The predicted molar refractivity (Wildman–Crippen MR) is 105 cm³/mol. The summed E-state index contributed by atoms with van der Waals surface area (Å²) in [5.41, 5.74) is 2.31. The minimum absolute atomic E-state index is 0.0411. The van der Waals surface area contributed by atoms with Gasteiger partial charge in [-0.3, -0.25) is 4.79 Å². The van der Waals surface area contributed by atoms with Crippen molar-refractivity contribution in [2.45, 2.75) is 32.6 Å². The quantitative estimate of drug-likeness (QED) is 0.733. The van der Waals surface area contributed by atoms with E-state index in [0.29, 0.717) is 16.3 Å². The predicted octanol–water partition coefficient (Wildman–Crippen LogP) is 3.19. The van der Waals surface area contributed by atoms with Crippen LogP contribution in [0.5, 0.6) is 0 Å². The molecule has 1 aromatic heterocycles. The van der Waals surface area contributed by atoms with E-state index in [9.17, 15) is 13.2 Å². The Morgan fingerprint density at radius 2 is 1.88 bits per heavy atom. The van der Waals surface area contributed by atoms with Crippen molar-refractivity contribution in [3.05, 3.63) is 52.6 Å². The fraction of sp³-hybridized carbons (Fsp3) is 0.333. The molecule has 0 saturated heterocycles. The zero-order valence-corrected chi connectivity index (χ0v) is 17.0. The molecule has 1 heterocycles. The zero-order valence-electron chi connectivity index (χ0n) is 15.4. The van der Waals surface area contributed by atoms with Crippen LogP contribution in [0.15, 0.2) is 35.9 Å². The van der Waals surface area contributed by atoms with Crippen molar-refractivity contribution in [2.75, 3.05) is 18.4 Å². The van der Waals surface area contributed by atoms with Gasteiger partial charge in [0.05, 0.1) is 11.4 Å². The summed E-state index contributed by atoms with van der Waals surface area (Å²) in [6, 6.07) is 3.65. The molecule has 0 bridgehead atoms. The van der Waals surface area contributed by atoms with Crippen LogP contribution in [-0.2, 0) is 14.8 Å². The van der Waals surface area contributed by atoms with Crippen molar-refractivity contribution in [3.8, 4) is 0 Å². The molecular formula is C18H23N3O3S2. The second-order valence-corrected chi connectivity index (χ2v) is 9.25. The Hall–Kier alpha value is -2.03. The second-order valence-electron chi connectivity index (χ2n) is 6.14. The lowest BCUT2D eigenvalue weighted by molar-refractivity contribution is -0.116. The number of aryl methyl sites for hydroxylation is 4. The summed E-state index contributed by atoms with van der Waals surface area (Å²) in [4.78, 5) is 17.6. The van der Waals surface area contributed by atoms with Gasteiger partial charge in [0.1, 0.15) is 0 Å². The van der Waals surface area contributed by atoms with Gasteiger partial charge in [0.25, 0.3) is 0 Å². The molecule has 6 nitrogen and oxygen atoms in total. The summed E-state index contributed by atoms with van der Waals surface area (Å²) in [5.74, 6) is -0.438. The molecule has 1 aromatic carbocycles. The maximum absolute atomic E-state index is 13.2. The number of aromatic nitrogens is 1. The van der Waals surface area contributed by atoms with Crippen LogP contribution in [-0.4, -0.2) is 36.7 Å². The standard InChI is InChI=1S/C18H23N3O3S2/c1-6-7-21(11-16(22)20-18-19-10-15(5)25-18)26(23,24)17-13(3)8-12(2)9-14(17)4/h6,8-10H,1,7,11H2,2-5H3,(H,19,20,22). The summed E-state index contributed by atoms with van der Waals surface area (Å²) in [5, 5.41) is 3.09. The van der Waals surface area contributed by atoms with Crippen LogP contribution in [0.1, 0.15) is 21.6 Å². The Kier molecular flexibility index (Phi) is 6.33.